The lowest BCUT2D eigenvalue weighted by Crippen LogP contribution is -2.37. The van der Waals surface area contributed by atoms with E-state index in [1.807, 2.05) is 14.0 Å². The van der Waals surface area contributed by atoms with Gasteiger partial charge in [0.2, 0.25) is 0 Å². The zero-order valence-corrected chi connectivity index (χ0v) is 17.3. The van der Waals surface area contributed by atoms with E-state index in [1.54, 1.807) is 28.8 Å². The van der Waals surface area contributed by atoms with Crippen molar-refractivity contribution in [2.24, 2.45) is 12.0 Å². The summed E-state index contributed by atoms with van der Waals surface area (Å²) in [5.74, 6) is 0.345. The predicted octanol–water partition coefficient (Wildman–Crippen LogP) is 4.34. The van der Waals surface area contributed by atoms with Crippen LogP contribution in [-0.4, -0.2) is 17.1 Å². The third kappa shape index (κ3) is 5.53. The number of aliphatic imine (C=N–C) groups is 1. The Kier molecular flexibility index (Phi) is 8.86. The lowest BCUT2D eigenvalue weighted by Gasteiger charge is -2.12. The first-order valence-electron chi connectivity index (χ1n) is 7.28. The Balaban J connectivity index is 0.00000288. The summed E-state index contributed by atoms with van der Waals surface area (Å²) in [4.78, 5) is 4.40. The average Bonchev–Trinajstić information content (AvgIpc) is 2.78. The van der Waals surface area contributed by atoms with Gasteiger partial charge in [-0.25, -0.2) is 9.38 Å². The second kappa shape index (κ2) is 10.1. The number of hydrogen-bond acceptors (Lipinski definition) is 1. The fourth-order valence-corrected chi connectivity index (χ4v) is 2.48. The van der Waals surface area contributed by atoms with E-state index in [0.717, 1.165) is 5.69 Å². The van der Waals surface area contributed by atoms with E-state index >= 15 is 0 Å². The highest BCUT2D eigenvalue weighted by Gasteiger charge is 2.09. The SMILES string of the molecule is CCNC(=NCc1ccccc1F)NCc1cc(Cl)c(Cl)n1C.I. The van der Waals surface area contributed by atoms with Gasteiger partial charge < -0.3 is 15.2 Å². The van der Waals surface area contributed by atoms with Crippen LogP contribution in [0.3, 0.4) is 0 Å². The van der Waals surface area contributed by atoms with Gasteiger partial charge in [0, 0.05) is 24.8 Å². The third-order valence-corrected chi connectivity index (χ3v) is 4.20. The molecule has 0 unspecified atom stereocenters. The number of rotatable bonds is 5. The molecule has 2 rings (SSSR count). The summed E-state index contributed by atoms with van der Waals surface area (Å²) in [5.41, 5.74) is 1.48. The maximum atomic E-state index is 13.6. The van der Waals surface area contributed by atoms with Crippen molar-refractivity contribution in [3.05, 3.63) is 57.6 Å². The van der Waals surface area contributed by atoms with Gasteiger partial charge in [-0.1, -0.05) is 41.4 Å². The second-order valence-corrected chi connectivity index (χ2v) is 5.74. The normalized spacial score (nSPS) is 11.1. The molecule has 2 aromatic rings. The van der Waals surface area contributed by atoms with Gasteiger partial charge in [0.15, 0.2) is 5.96 Å². The lowest BCUT2D eigenvalue weighted by molar-refractivity contribution is 0.610. The quantitative estimate of drug-likeness (QED) is 0.376. The highest BCUT2D eigenvalue weighted by atomic mass is 127. The molecule has 0 radical (unpaired) electrons. The Morgan fingerprint density at radius 1 is 1.25 bits per heavy atom. The van der Waals surface area contributed by atoms with Crippen LogP contribution in [0.25, 0.3) is 0 Å². The van der Waals surface area contributed by atoms with Crippen molar-refractivity contribution in [1.82, 2.24) is 15.2 Å². The molecule has 0 saturated carbocycles. The minimum Gasteiger partial charge on any atom is -0.357 e. The van der Waals surface area contributed by atoms with Gasteiger partial charge in [-0.05, 0) is 19.1 Å². The molecule has 0 fully saturated rings. The van der Waals surface area contributed by atoms with Crippen LogP contribution in [0.15, 0.2) is 35.3 Å². The molecule has 0 aliphatic rings. The molecule has 1 heterocycles. The van der Waals surface area contributed by atoms with Crippen LogP contribution >= 0.6 is 47.2 Å². The summed E-state index contributed by atoms with van der Waals surface area (Å²) in [6.45, 7) is 3.44. The first-order chi connectivity index (χ1) is 11.0. The summed E-state index contributed by atoms with van der Waals surface area (Å²) in [5, 5.41) is 7.32. The topological polar surface area (TPSA) is 41.4 Å². The molecule has 0 spiro atoms. The monoisotopic (exact) mass is 484 g/mol. The Morgan fingerprint density at radius 2 is 1.96 bits per heavy atom. The van der Waals surface area contributed by atoms with Gasteiger partial charge in [0.05, 0.1) is 18.1 Å². The molecule has 0 aliphatic carbocycles. The number of benzene rings is 1. The molecule has 0 amide bonds. The number of nitrogens with one attached hydrogen (secondary N) is 2. The Hall–Kier alpha value is -0.990. The molecule has 0 atom stereocenters. The maximum absolute atomic E-state index is 13.6. The van der Waals surface area contributed by atoms with Crippen molar-refractivity contribution in [2.45, 2.75) is 20.0 Å². The van der Waals surface area contributed by atoms with Crippen LogP contribution in [-0.2, 0) is 20.1 Å². The molecular weight excluding hydrogens is 465 g/mol. The smallest absolute Gasteiger partial charge is 0.191 e. The molecule has 0 saturated heterocycles. The molecule has 1 aromatic carbocycles. The molecule has 0 bridgehead atoms. The summed E-state index contributed by atoms with van der Waals surface area (Å²) in [7, 11) is 1.84. The Bertz CT molecular complexity index is 703. The summed E-state index contributed by atoms with van der Waals surface area (Å²) >= 11 is 12.1. The Morgan fingerprint density at radius 3 is 2.54 bits per heavy atom. The summed E-state index contributed by atoms with van der Waals surface area (Å²) in [6.07, 6.45) is 0. The average molecular weight is 485 g/mol. The molecule has 24 heavy (non-hydrogen) atoms. The summed E-state index contributed by atoms with van der Waals surface area (Å²) in [6, 6.07) is 8.41. The van der Waals surface area contributed by atoms with E-state index in [9.17, 15) is 4.39 Å². The fraction of sp³-hybridized carbons (Fsp3) is 0.312. The van der Waals surface area contributed by atoms with Crippen LogP contribution in [0, 0.1) is 5.82 Å². The van der Waals surface area contributed by atoms with Crippen LogP contribution in [0.5, 0.6) is 0 Å². The van der Waals surface area contributed by atoms with Gasteiger partial charge >= 0.3 is 0 Å². The zero-order chi connectivity index (χ0) is 16.8. The molecule has 8 heteroatoms. The van der Waals surface area contributed by atoms with Crippen molar-refractivity contribution in [3.63, 3.8) is 0 Å². The molecule has 4 nitrogen and oxygen atoms in total. The predicted molar refractivity (Wildman–Crippen MR) is 109 cm³/mol. The fourth-order valence-electron chi connectivity index (χ4n) is 2.07. The van der Waals surface area contributed by atoms with E-state index < -0.39 is 0 Å². The number of hydrogen-bond donors (Lipinski definition) is 2. The largest absolute Gasteiger partial charge is 0.357 e. The second-order valence-electron chi connectivity index (χ2n) is 4.97. The van der Waals surface area contributed by atoms with Gasteiger partial charge in [-0.3, -0.25) is 0 Å². The van der Waals surface area contributed by atoms with Gasteiger partial charge in [0.1, 0.15) is 11.0 Å². The van der Waals surface area contributed by atoms with E-state index in [-0.39, 0.29) is 36.3 Å². The van der Waals surface area contributed by atoms with E-state index in [1.165, 1.54) is 6.07 Å². The molecule has 2 N–H and O–H groups in total. The number of guanidine groups is 1. The van der Waals surface area contributed by atoms with E-state index in [4.69, 9.17) is 23.2 Å². The van der Waals surface area contributed by atoms with Crippen molar-refractivity contribution < 1.29 is 4.39 Å². The van der Waals surface area contributed by atoms with Crippen molar-refractivity contribution in [3.8, 4) is 0 Å². The van der Waals surface area contributed by atoms with Crippen molar-refractivity contribution >= 4 is 53.1 Å². The highest BCUT2D eigenvalue weighted by Crippen LogP contribution is 2.24. The summed E-state index contributed by atoms with van der Waals surface area (Å²) < 4.78 is 15.4. The van der Waals surface area contributed by atoms with Crippen molar-refractivity contribution in [1.29, 1.82) is 0 Å². The Labute approximate surface area is 168 Å². The lowest BCUT2D eigenvalue weighted by atomic mass is 10.2. The molecular formula is C16H20Cl2FIN4. The third-order valence-electron chi connectivity index (χ3n) is 3.36. The number of halogens is 4. The highest BCUT2D eigenvalue weighted by molar-refractivity contribution is 14.0. The first kappa shape index (κ1) is 21.1. The van der Waals surface area contributed by atoms with Crippen molar-refractivity contribution in [2.75, 3.05) is 6.54 Å². The van der Waals surface area contributed by atoms with Gasteiger partial charge in [-0.15, -0.1) is 24.0 Å². The van der Waals surface area contributed by atoms with Gasteiger partial charge in [0.25, 0.3) is 0 Å². The maximum Gasteiger partial charge on any atom is 0.191 e. The van der Waals surface area contributed by atoms with Crippen LogP contribution in [0.2, 0.25) is 10.2 Å². The zero-order valence-electron chi connectivity index (χ0n) is 13.4. The van der Waals surface area contributed by atoms with Crippen LogP contribution < -0.4 is 10.6 Å². The van der Waals surface area contributed by atoms with Crippen LogP contribution in [0.1, 0.15) is 18.2 Å². The van der Waals surface area contributed by atoms with E-state index in [0.29, 0.717) is 34.8 Å². The van der Waals surface area contributed by atoms with Crippen LogP contribution in [0.4, 0.5) is 4.39 Å². The minimum absolute atomic E-state index is 0. The minimum atomic E-state index is -0.256. The number of nitrogens with zero attached hydrogens (tertiary/aromatic N) is 2. The number of aromatic nitrogens is 1. The molecule has 0 aliphatic heterocycles. The standard InChI is InChI=1S/C16H19Cl2FN4.HI/c1-3-20-16(21-9-11-6-4-5-7-14(11)19)22-10-12-8-13(17)15(18)23(12)2;/h4-8H,3,9-10H2,1-2H3,(H2,20,21,22);1H. The van der Waals surface area contributed by atoms with E-state index in [2.05, 4.69) is 15.6 Å². The molecule has 132 valence electrons. The first-order valence-corrected chi connectivity index (χ1v) is 8.03. The van der Waals surface area contributed by atoms with Gasteiger partial charge in [-0.2, -0.15) is 0 Å². The molecule has 1 aromatic heterocycles.